The highest BCUT2D eigenvalue weighted by Gasteiger charge is 2.58. The van der Waals surface area contributed by atoms with Crippen LogP contribution in [0.4, 0.5) is 4.79 Å². The first-order chi connectivity index (χ1) is 11.2. The zero-order valence-electron chi connectivity index (χ0n) is 13.2. The molecule has 3 fully saturated rings. The highest BCUT2D eigenvalue weighted by molar-refractivity contribution is 6.06. The molecule has 2 heterocycles. The number of rotatable bonds is 3. The number of piperidine rings is 1. The molecular weight excluding hydrogens is 294 g/mol. The highest BCUT2D eigenvalue weighted by Crippen LogP contribution is 2.52. The molecule has 0 unspecified atom stereocenters. The Morgan fingerprint density at radius 1 is 1.04 bits per heavy atom. The molecular formula is C17H23N3O3. The van der Waals surface area contributed by atoms with Gasteiger partial charge in [-0.3, -0.25) is 14.5 Å². The quantitative estimate of drug-likeness (QED) is 0.623. The van der Waals surface area contributed by atoms with Crippen molar-refractivity contribution in [2.45, 2.75) is 25.7 Å². The third kappa shape index (κ3) is 2.35. The minimum absolute atomic E-state index is 0.0379. The van der Waals surface area contributed by atoms with E-state index in [4.69, 9.17) is 0 Å². The third-order valence-electron chi connectivity index (χ3n) is 5.82. The summed E-state index contributed by atoms with van der Waals surface area (Å²) < 4.78 is 0. The van der Waals surface area contributed by atoms with Gasteiger partial charge in [-0.15, -0.1) is 0 Å². The Balaban J connectivity index is 1.31. The molecule has 2 bridgehead atoms. The first-order valence-electron chi connectivity index (χ1n) is 8.73. The summed E-state index contributed by atoms with van der Waals surface area (Å²) in [6, 6.07) is -0.0780. The second kappa shape index (κ2) is 5.65. The Morgan fingerprint density at radius 2 is 1.65 bits per heavy atom. The number of likely N-dealkylation sites (tertiary alicyclic amines) is 2. The lowest BCUT2D eigenvalue weighted by molar-refractivity contribution is -0.140. The molecule has 4 amide bonds. The van der Waals surface area contributed by atoms with Gasteiger partial charge in [0.15, 0.2) is 0 Å². The zero-order chi connectivity index (χ0) is 16.0. The van der Waals surface area contributed by atoms with Gasteiger partial charge < -0.3 is 10.2 Å². The van der Waals surface area contributed by atoms with E-state index in [1.807, 2.05) is 4.90 Å². The second-order valence-corrected chi connectivity index (χ2v) is 7.11. The molecule has 0 radical (unpaired) electrons. The predicted octanol–water partition coefficient (Wildman–Crippen LogP) is 0.989. The van der Waals surface area contributed by atoms with Gasteiger partial charge in [0.2, 0.25) is 11.8 Å². The Bertz CT molecular complexity index is 537. The number of hydrogen-bond acceptors (Lipinski definition) is 3. The van der Waals surface area contributed by atoms with E-state index < -0.39 is 0 Å². The van der Waals surface area contributed by atoms with E-state index in [1.54, 1.807) is 0 Å². The summed E-state index contributed by atoms with van der Waals surface area (Å²) >= 11 is 0. The molecule has 23 heavy (non-hydrogen) atoms. The van der Waals surface area contributed by atoms with Crippen LogP contribution >= 0.6 is 0 Å². The van der Waals surface area contributed by atoms with Crippen LogP contribution in [0, 0.1) is 23.7 Å². The van der Waals surface area contributed by atoms with E-state index in [-0.39, 0.29) is 41.5 Å². The number of carbonyl (C=O) groups excluding carboxylic acids is 3. The lowest BCUT2D eigenvalue weighted by Crippen LogP contribution is -2.46. The van der Waals surface area contributed by atoms with Crippen LogP contribution in [0.5, 0.6) is 0 Å². The molecule has 1 saturated carbocycles. The molecule has 4 rings (SSSR count). The van der Waals surface area contributed by atoms with E-state index in [0.717, 1.165) is 32.4 Å². The first kappa shape index (κ1) is 14.7. The summed E-state index contributed by atoms with van der Waals surface area (Å²) in [5.41, 5.74) is 0. The standard InChI is InChI=1S/C17H23N3O3/c21-15-13-11-4-5-12(10-11)14(13)16(22)20(15)9-6-18-17(23)19-7-2-1-3-8-19/h4-5,11-14H,1-3,6-10H2,(H,18,23)/t11-,12-,13+,14+/m0/s1. The number of nitrogens with zero attached hydrogens (tertiary/aromatic N) is 2. The molecule has 0 spiro atoms. The highest BCUT2D eigenvalue weighted by atomic mass is 16.2. The fourth-order valence-corrected chi connectivity index (χ4v) is 4.67. The van der Waals surface area contributed by atoms with Gasteiger partial charge in [-0.2, -0.15) is 0 Å². The molecule has 4 aliphatic rings. The molecule has 0 aromatic rings. The van der Waals surface area contributed by atoms with Gasteiger partial charge in [-0.05, 0) is 37.5 Å². The summed E-state index contributed by atoms with van der Waals surface area (Å²) in [5.74, 6) is 0.127. The first-order valence-corrected chi connectivity index (χ1v) is 8.73. The van der Waals surface area contributed by atoms with Gasteiger partial charge >= 0.3 is 6.03 Å². The van der Waals surface area contributed by atoms with Crippen molar-refractivity contribution in [3.05, 3.63) is 12.2 Å². The second-order valence-electron chi connectivity index (χ2n) is 7.11. The number of imide groups is 1. The minimum Gasteiger partial charge on any atom is -0.336 e. The lowest BCUT2D eigenvalue weighted by atomic mass is 9.85. The molecule has 124 valence electrons. The van der Waals surface area contributed by atoms with Crippen LogP contribution in [0.15, 0.2) is 12.2 Å². The maximum absolute atomic E-state index is 12.5. The van der Waals surface area contributed by atoms with E-state index in [1.165, 1.54) is 11.3 Å². The molecule has 2 aliphatic heterocycles. The zero-order valence-corrected chi connectivity index (χ0v) is 13.2. The summed E-state index contributed by atoms with van der Waals surface area (Å²) in [4.78, 5) is 40.3. The van der Waals surface area contributed by atoms with Crippen LogP contribution in [0.1, 0.15) is 25.7 Å². The molecule has 6 nitrogen and oxygen atoms in total. The van der Waals surface area contributed by atoms with Gasteiger partial charge in [-0.25, -0.2) is 4.79 Å². The van der Waals surface area contributed by atoms with Crippen LogP contribution in [-0.2, 0) is 9.59 Å². The number of urea groups is 1. The summed E-state index contributed by atoms with van der Waals surface area (Å²) in [6.07, 6.45) is 8.43. The van der Waals surface area contributed by atoms with Crippen LogP contribution in [0.3, 0.4) is 0 Å². The van der Waals surface area contributed by atoms with Crippen molar-refractivity contribution < 1.29 is 14.4 Å². The third-order valence-corrected chi connectivity index (χ3v) is 5.82. The molecule has 1 N–H and O–H groups in total. The molecule has 2 saturated heterocycles. The number of amides is 4. The average molecular weight is 317 g/mol. The normalized spacial score (nSPS) is 35.1. The van der Waals surface area contributed by atoms with Gasteiger partial charge in [-0.1, -0.05) is 12.2 Å². The number of carbonyl (C=O) groups is 3. The van der Waals surface area contributed by atoms with Crippen LogP contribution < -0.4 is 5.32 Å². The largest absolute Gasteiger partial charge is 0.336 e. The molecule has 2 aliphatic carbocycles. The van der Waals surface area contributed by atoms with Crippen molar-refractivity contribution in [2.24, 2.45) is 23.7 Å². The van der Waals surface area contributed by atoms with Gasteiger partial charge in [0.1, 0.15) is 0 Å². The number of nitrogens with one attached hydrogen (secondary N) is 1. The van der Waals surface area contributed by atoms with E-state index in [9.17, 15) is 14.4 Å². The SMILES string of the molecule is O=C(NCCN1C(=O)[C@H]2[C@H](C1=O)[C@H]1C=C[C@H]2C1)N1CCCCC1. The Hall–Kier alpha value is -1.85. The van der Waals surface area contributed by atoms with Crippen LogP contribution in [0.25, 0.3) is 0 Å². The average Bonchev–Trinajstić information content (AvgIpc) is 3.25. The topological polar surface area (TPSA) is 69.7 Å². The maximum Gasteiger partial charge on any atom is 0.317 e. The molecule has 6 heteroatoms. The fourth-order valence-electron chi connectivity index (χ4n) is 4.67. The number of hydrogen-bond donors (Lipinski definition) is 1. The van der Waals surface area contributed by atoms with Crippen molar-refractivity contribution in [2.75, 3.05) is 26.2 Å². The van der Waals surface area contributed by atoms with Gasteiger partial charge in [0.25, 0.3) is 0 Å². The lowest BCUT2D eigenvalue weighted by Gasteiger charge is -2.27. The molecule has 0 aromatic carbocycles. The smallest absolute Gasteiger partial charge is 0.317 e. The van der Waals surface area contributed by atoms with Crippen LogP contribution in [-0.4, -0.2) is 53.8 Å². The predicted molar refractivity (Wildman–Crippen MR) is 83.3 cm³/mol. The van der Waals surface area contributed by atoms with E-state index >= 15 is 0 Å². The molecule has 0 aromatic heterocycles. The van der Waals surface area contributed by atoms with E-state index in [2.05, 4.69) is 17.5 Å². The van der Waals surface area contributed by atoms with Crippen molar-refractivity contribution in [3.8, 4) is 0 Å². The Morgan fingerprint density at radius 3 is 2.26 bits per heavy atom. The van der Waals surface area contributed by atoms with Crippen molar-refractivity contribution >= 4 is 17.8 Å². The summed E-state index contributed by atoms with van der Waals surface area (Å²) in [5, 5.41) is 2.85. The van der Waals surface area contributed by atoms with Crippen molar-refractivity contribution in [1.29, 1.82) is 0 Å². The molecule has 4 atom stereocenters. The number of fused-ring (bicyclic) bond motifs is 5. The Kier molecular flexibility index (Phi) is 3.62. The van der Waals surface area contributed by atoms with Gasteiger partial charge in [0, 0.05) is 26.2 Å². The van der Waals surface area contributed by atoms with Crippen molar-refractivity contribution in [3.63, 3.8) is 0 Å². The Labute approximate surface area is 135 Å². The van der Waals surface area contributed by atoms with Crippen LogP contribution in [0.2, 0.25) is 0 Å². The van der Waals surface area contributed by atoms with Crippen molar-refractivity contribution in [1.82, 2.24) is 15.1 Å². The maximum atomic E-state index is 12.5. The summed E-state index contributed by atoms with van der Waals surface area (Å²) in [7, 11) is 0. The minimum atomic E-state index is -0.143. The van der Waals surface area contributed by atoms with Gasteiger partial charge in [0.05, 0.1) is 11.8 Å². The van der Waals surface area contributed by atoms with E-state index in [0.29, 0.717) is 13.1 Å². The summed E-state index contributed by atoms with van der Waals surface area (Å²) in [6.45, 7) is 2.23. The fraction of sp³-hybridized carbons (Fsp3) is 0.706. The number of allylic oxidation sites excluding steroid dienone is 2. The monoisotopic (exact) mass is 317 g/mol.